The molecule has 134 valence electrons. The molecule has 1 fully saturated rings. The first-order valence-electron chi connectivity index (χ1n) is 8.66. The number of hydrogen-bond donors (Lipinski definition) is 0. The normalized spacial score (nSPS) is 20.8. The number of aromatic nitrogens is 4. The van der Waals surface area contributed by atoms with Crippen molar-refractivity contribution in [3.8, 4) is 0 Å². The minimum atomic E-state index is -4.46. The highest BCUT2D eigenvalue weighted by Gasteiger charge is 2.36. The van der Waals surface area contributed by atoms with Gasteiger partial charge in [-0.1, -0.05) is 0 Å². The maximum atomic E-state index is 13.0. The average molecular weight is 351 g/mol. The zero-order valence-corrected chi connectivity index (χ0v) is 14.1. The Balaban J connectivity index is 1.69. The summed E-state index contributed by atoms with van der Waals surface area (Å²) in [6.45, 7) is 0.642. The van der Waals surface area contributed by atoms with Crippen LogP contribution in [-0.2, 0) is 26.1 Å². The van der Waals surface area contributed by atoms with Gasteiger partial charge in [0.15, 0.2) is 0 Å². The van der Waals surface area contributed by atoms with E-state index in [9.17, 15) is 13.2 Å². The Labute approximate surface area is 143 Å². The van der Waals surface area contributed by atoms with Crippen LogP contribution in [0.2, 0.25) is 0 Å². The molecule has 0 saturated carbocycles. The molecule has 1 atom stereocenters. The van der Waals surface area contributed by atoms with Crippen LogP contribution in [0.1, 0.15) is 54.6 Å². The summed E-state index contributed by atoms with van der Waals surface area (Å²) in [7, 11) is 2.01. The second-order valence-corrected chi connectivity index (χ2v) is 6.72. The lowest BCUT2D eigenvalue weighted by Crippen LogP contribution is -2.27. The van der Waals surface area contributed by atoms with E-state index in [2.05, 4.69) is 14.5 Å². The van der Waals surface area contributed by atoms with Crippen LogP contribution in [0.25, 0.3) is 0 Å². The van der Waals surface area contributed by atoms with E-state index in [1.165, 1.54) is 11.9 Å². The van der Waals surface area contributed by atoms with Gasteiger partial charge in [-0.15, -0.1) is 0 Å². The number of aryl methyl sites for hydroxylation is 1. The molecular formula is C17H20F3N5. The third kappa shape index (κ3) is 2.87. The minimum Gasteiger partial charge on any atom is -0.333 e. The lowest BCUT2D eigenvalue weighted by Gasteiger charge is -2.25. The van der Waals surface area contributed by atoms with E-state index in [1.54, 1.807) is 0 Å². The topological polar surface area (TPSA) is 46.8 Å². The van der Waals surface area contributed by atoms with Crippen LogP contribution in [0, 0.1) is 0 Å². The molecule has 2 aliphatic rings. The Morgan fingerprint density at radius 3 is 2.68 bits per heavy atom. The Bertz CT molecular complexity index is 783. The van der Waals surface area contributed by atoms with Crippen molar-refractivity contribution >= 4 is 5.95 Å². The summed E-state index contributed by atoms with van der Waals surface area (Å²) in [4.78, 5) is 14.6. The monoisotopic (exact) mass is 351 g/mol. The summed E-state index contributed by atoms with van der Waals surface area (Å²) < 4.78 is 41.0. The van der Waals surface area contributed by atoms with Gasteiger partial charge in [0.1, 0.15) is 11.5 Å². The fourth-order valence-corrected chi connectivity index (χ4v) is 3.92. The van der Waals surface area contributed by atoms with Gasteiger partial charge in [0.05, 0.1) is 11.7 Å². The molecule has 1 saturated heterocycles. The molecule has 0 spiro atoms. The van der Waals surface area contributed by atoms with Crippen LogP contribution in [0.15, 0.2) is 12.3 Å². The first kappa shape index (κ1) is 16.4. The van der Waals surface area contributed by atoms with Gasteiger partial charge in [-0.25, -0.2) is 15.0 Å². The van der Waals surface area contributed by atoms with Crippen LogP contribution in [-0.4, -0.2) is 26.1 Å². The maximum absolute atomic E-state index is 13.0. The second kappa shape index (κ2) is 6.00. The number of nitrogens with zero attached hydrogens (tertiary/aromatic N) is 5. The van der Waals surface area contributed by atoms with Crippen LogP contribution < -0.4 is 4.90 Å². The highest BCUT2D eigenvalue weighted by molar-refractivity contribution is 5.37. The van der Waals surface area contributed by atoms with Crippen LogP contribution in [0.3, 0.4) is 0 Å². The van der Waals surface area contributed by atoms with E-state index in [-0.39, 0.29) is 12.0 Å². The summed E-state index contributed by atoms with van der Waals surface area (Å²) in [6.07, 6.45) is 2.78. The highest BCUT2D eigenvalue weighted by atomic mass is 19.4. The van der Waals surface area contributed by atoms with E-state index < -0.39 is 11.9 Å². The molecule has 1 aliphatic carbocycles. The smallest absolute Gasteiger partial charge is 0.333 e. The Hall–Kier alpha value is -2.12. The van der Waals surface area contributed by atoms with Crippen LogP contribution >= 0.6 is 0 Å². The van der Waals surface area contributed by atoms with E-state index in [0.717, 1.165) is 56.1 Å². The van der Waals surface area contributed by atoms with Crippen molar-refractivity contribution in [3.63, 3.8) is 0 Å². The van der Waals surface area contributed by atoms with Gasteiger partial charge in [-0.05, 0) is 44.6 Å². The molecule has 0 amide bonds. The maximum Gasteiger partial charge on any atom is 0.433 e. The van der Waals surface area contributed by atoms with Crippen molar-refractivity contribution in [2.24, 2.45) is 7.05 Å². The van der Waals surface area contributed by atoms with E-state index in [1.807, 2.05) is 11.9 Å². The molecule has 1 aliphatic heterocycles. The molecule has 0 radical (unpaired) electrons. The summed E-state index contributed by atoms with van der Waals surface area (Å²) >= 11 is 0. The van der Waals surface area contributed by atoms with Crippen molar-refractivity contribution in [1.29, 1.82) is 0 Å². The third-order valence-electron chi connectivity index (χ3n) is 5.15. The van der Waals surface area contributed by atoms with Crippen molar-refractivity contribution in [2.75, 3.05) is 11.4 Å². The number of imidazole rings is 1. The first-order valence-corrected chi connectivity index (χ1v) is 8.66. The number of rotatable bonds is 2. The standard InChI is InChI=1S/C17H20F3N5/c1-24-12-6-3-2-5-11(12)22-15(24)13-7-4-10-25(13)16-21-9-8-14(23-16)17(18,19)20/h8-9,13H,2-7,10H2,1H3/t13-/m0/s1. The van der Waals surface area contributed by atoms with E-state index >= 15 is 0 Å². The molecule has 4 rings (SSSR count). The predicted molar refractivity (Wildman–Crippen MR) is 86.2 cm³/mol. The number of fused-ring (bicyclic) bond motifs is 1. The van der Waals surface area contributed by atoms with E-state index in [4.69, 9.17) is 4.98 Å². The number of anilines is 1. The number of halogens is 3. The van der Waals surface area contributed by atoms with Gasteiger partial charge >= 0.3 is 6.18 Å². The fraction of sp³-hybridized carbons (Fsp3) is 0.588. The molecule has 25 heavy (non-hydrogen) atoms. The lowest BCUT2D eigenvalue weighted by molar-refractivity contribution is -0.141. The zero-order chi connectivity index (χ0) is 17.6. The first-order chi connectivity index (χ1) is 11.9. The van der Waals surface area contributed by atoms with E-state index in [0.29, 0.717) is 6.54 Å². The molecule has 3 heterocycles. The number of alkyl halides is 3. The van der Waals surface area contributed by atoms with Crippen molar-refractivity contribution in [1.82, 2.24) is 19.5 Å². The summed E-state index contributed by atoms with van der Waals surface area (Å²) in [6, 6.07) is 0.840. The minimum absolute atomic E-state index is 0.0703. The summed E-state index contributed by atoms with van der Waals surface area (Å²) in [5, 5.41) is 0. The Morgan fingerprint density at radius 1 is 1.12 bits per heavy atom. The molecular weight excluding hydrogens is 331 g/mol. The fourth-order valence-electron chi connectivity index (χ4n) is 3.92. The van der Waals surface area contributed by atoms with Gasteiger partial charge in [-0.3, -0.25) is 0 Å². The van der Waals surface area contributed by atoms with Crippen molar-refractivity contribution in [2.45, 2.75) is 50.7 Å². The van der Waals surface area contributed by atoms with Crippen molar-refractivity contribution in [3.05, 3.63) is 35.2 Å². The Morgan fingerprint density at radius 2 is 1.92 bits per heavy atom. The van der Waals surface area contributed by atoms with Gasteiger partial charge in [0.25, 0.3) is 0 Å². The quantitative estimate of drug-likeness (QED) is 0.831. The van der Waals surface area contributed by atoms with Gasteiger partial charge in [-0.2, -0.15) is 13.2 Å². The van der Waals surface area contributed by atoms with Crippen molar-refractivity contribution < 1.29 is 13.2 Å². The van der Waals surface area contributed by atoms with Crippen LogP contribution in [0.5, 0.6) is 0 Å². The number of hydrogen-bond acceptors (Lipinski definition) is 4. The SMILES string of the molecule is Cn1c([C@@H]2CCCN2c2nccc(C(F)(F)F)n2)nc2c1CCCC2. The highest BCUT2D eigenvalue weighted by Crippen LogP contribution is 2.37. The molecule has 0 unspecified atom stereocenters. The van der Waals surface area contributed by atoms with Gasteiger partial charge in [0, 0.05) is 25.5 Å². The Kier molecular flexibility index (Phi) is 3.92. The molecule has 2 aromatic heterocycles. The zero-order valence-electron chi connectivity index (χ0n) is 14.1. The van der Waals surface area contributed by atoms with Gasteiger partial charge < -0.3 is 9.47 Å². The van der Waals surface area contributed by atoms with Gasteiger partial charge in [0.2, 0.25) is 5.95 Å². The largest absolute Gasteiger partial charge is 0.433 e. The predicted octanol–water partition coefficient (Wildman–Crippen LogP) is 3.45. The van der Waals surface area contributed by atoms with Crippen LogP contribution in [0.4, 0.5) is 19.1 Å². The second-order valence-electron chi connectivity index (χ2n) is 6.72. The molecule has 5 nitrogen and oxygen atoms in total. The molecule has 2 aromatic rings. The summed E-state index contributed by atoms with van der Waals surface area (Å²) in [5.41, 5.74) is 1.50. The lowest BCUT2D eigenvalue weighted by atomic mass is 10.0. The third-order valence-corrected chi connectivity index (χ3v) is 5.15. The summed E-state index contributed by atoms with van der Waals surface area (Å²) in [5.74, 6) is 1.06. The molecule has 0 bridgehead atoms. The average Bonchev–Trinajstić information content (AvgIpc) is 3.19. The molecule has 0 N–H and O–H groups in total. The molecule has 0 aromatic carbocycles. The molecule has 8 heteroatoms.